The summed E-state index contributed by atoms with van der Waals surface area (Å²) in [6, 6.07) is 18.0. The second-order valence-electron chi connectivity index (χ2n) is 8.84. The maximum absolute atomic E-state index is 14.6. The summed E-state index contributed by atoms with van der Waals surface area (Å²) in [6.07, 6.45) is 2.70. The number of ether oxygens (including phenoxy) is 3. The van der Waals surface area contributed by atoms with Crippen LogP contribution in [0.3, 0.4) is 0 Å². The van der Waals surface area contributed by atoms with Crippen molar-refractivity contribution in [2.24, 2.45) is 22.7 Å². The van der Waals surface area contributed by atoms with Crippen LogP contribution >= 0.6 is 0 Å². The van der Waals surface area contributed by atoms with Crippen LogP contribution in [-0.4, -0.2) is 44.5 Å². The molecule has 36 heavy (non-hydrogen) atoms. The maximum Gasteiger partial charge on any atom is 0.330 e. The molecule has 0 spiro atoms. The van der Waals surface area contributed by atoms with Gasteiger partial charge in [-0.15, -0.1) is 0 Å². The highest BCUT2D eigenvalue weighted by molar-refractivity contribution is 6.38. The number of hydrogen-bond acceptors (Lipinski definition) is 7. The quantitative estimate of drug-likeness (QED) is 0.253. The van der Waals surface area contributed by atoms with E-state index < -0.39 is 46.4 Å². The first-order valence-electron chi connectivity index (χ1n) is 11.8. The largest absolute Gasteiger partial charge is 0.468 e. The van der Waals surface area contributed by atoms with Crippen molar-refractivity contribution in [3.05, 3.63) is 83.9 Å². The number of carbonyl (C=O) groups is 4. The zero-order valence-corrected chi connectivity index (χ0v) is 20.6. The molecule has 0 heterocycles. The van der Waals surface area contributed by atoms with Crippen molar-refractivity contribution in [3.63, 3.8) is 0 Å². The van der Waals surface area contributed by atoms with Crippen LogP contribution in [0.15, 0.2) is 72.8 Å². The lowest BCUT2D eigenvalue weighted by molar-refractivity contribution is -0.157. The molecule has 0 aliphatic heterocycles. The highest BCUT2D eigenvalue weighted by Gasteiger charge is 2.80. The molecule has 186 valence electrons. The first-order chi connectivity index (χ1) is 17.3. The molecule has 1 fully saturated rings. The van der Waals surface area contributed by atoms with Crippen molar-refractivity contribution in [1.29, 1.82) is 0 Å². The minimum Gasteiger partial charge on any atom is -0.468 e. The Morgan fingerprint density at radius 3 is 1.78 bits per heavy atom. The number of methoxy groups -OCH3 is 2. The summed E-state index contributed by atoms with van der Waals surface area (Å²) in [5.41, 5.74) is -1.64. The van der Waals surface area contributed by atoms with E-state index in [4.69, 9.17) is 14.2 Å². The van der Waals surface area contributed by atoms with Crippen LogP contribution in [-0.2, 0) is 33.4 Å². The molecule has 2 aromatic carbocycles. The van der Waals surface area contributed by atoms with Gasteiger partial charge < -0.3 is 14.2 Å². The number of fused-ring (bicyclic) bond motifs is 2. The van der Waals surface area contributed by atoms with Gasteiger partial charge in [0, 0.05) is 12.0 Å². The first kappa shape index (κ1) is 25.1. The van der Waals surface area contributed by atoms with Crippen molar-refractivity contribution in [3.8, 4) is 0 Å². The van der Waals surface area contributed by atoms with Crippen molar-refractivity contribution < 1.29 is 33.4 Å². The molecule has 0 amide bonds. The van der Waals surface area contributed by atoms with Crippen molar-refractivity contribution in [2.45, 2.75) is 13.8 Å². The summed E-state index contributed by atoms with van der Waals surface area (Å²) < 4.78 is 15.5. The standard InChI is InChI=1S/C29H28O7/c1-5-36-22(30)17-16-21-18(2)28(26(32)34-3)23(19-12-8-6-9-13-19)24(20-14-10-7-11-15-20)29(21,25(28)31)27(33)35-4/h6-18,21H,5H2,1-4H3/b17-16+/t18-,21-,28+,29-/m0/s1. The van der Waals surface area contributed by atoms with Gasteiger partial charge in [-0.3, -0.25) is 14.4 Å². The van der Waals surface area contributed by atoms with E-state index in [2.05, 4.69) is 0 Å². The van der Waals surface area contributed by atoms with E-state index in [1.165, 1.54) is 26.4 Å². The molecule has 7 heteroatoms. The molecule has 7 nitrogen and oxygen atoms in total. The average molecular weight is 489 g/mol. The number of ketones is 1. The van der Waals surface area contributed by atoms with Crippen molar-refractivity contribution in [2.75, 3.05) is 20.8 Å². The lowest BCUT2D eigenvalue weighted by Gasteiger charge is -2.39. The fourth-order valence-electron chi connectivity index (χ4n) is 6.00. The second kappa shape index (κ2) is 9.57. The molecular weight excluding hydrogens is 460 g/mol. The Kier molecular flexibility index (Phi) is 6.67. The summed E-state index contributed by atoms with van der Waals surface area (Å²) in [5, 5.41) is 0. The van der Waals surface area contributed by atoms with Crippen LogP contribution in [0.25, 0.3) is 11.1 Å². The first-order valence-corrected chi connectivity index (χ1v) is 11.8. The average Bonchev–Trinajstić information content (AvgIpc) is 3.26. The number of Topliss-reactive ketones (excluding diaryl/α,β-unsaturated/α-hetero) is 1. The van der Waals surface area contributed by atoms with Crippen molar-refractivity contribution >= 4 is 34.8 Å². The van der Waals surface area contributed by atoms with E-state index >= 15 is 0 Å². The van der Waals surface area contributed by atoms with E-state index in [0.717, 1.165) is 0 Å². The van der Waals surface area contributed by atoms with Gasteiger partial charge >= 0.3 is 17.9 Å². The summed E-state index contributed by atoms with van der Waals surface area (Å²) in [4.78, 5) is 54.2. The zero-order valence-electron chi connectivity index (χ0n) is 20.6. The fourth-order valence-corrected chi connectivity index (χ4v) is 6.00. The van der Waals surface area contributed by atoms with E-state index in [-0.39, 0.29) is 6.61 Å². The fraction of sp³-hybridized carbons (Fsp3) is 0.310. The van der Waals surface area contributed by atoms with E-state index in [1.54, 1.807) is 62.4 Å². The lowest BCUT2D eigenvalue weighted by Crippen LogP contribution is -2.43. The van der Waals surface area contributed by atoms with Crippen LogP contribution in [0.2, 0.25) is 0 Å². The van der Waals surface area contributed by atoms with Crippen LogP contribution in [0.4, 0.5) is 0 Å². The minimum atomic E-state index is -1.88. The van der Waals surface area contributed by atoms with Gasteiger partial charge in [0.25, 0.3) is 0 Å². The third-order valence-electron chi connectivity index (χ3n) is 7.34. The van der Waals surface area contributed by atoms with Crippen LogP contribution in [0.5, 0.6) is 0 Å². The van der Waals surface area contributed by atoms with Crippen LogP contribution in [0.1, 0.15) is 25.0 Å². The third-order valence-corrected chi connectivity index (χ3v) is 7.34. The van der Waals surface area contributed by atoms with Gasteiger partial charge in [-0.25, -0.2) is 4.79 Å². The molecular formula is C29H28O7. The summed E-state index contributed by atoms with van der Waals surface area (Å²) in [7, 11) is 2.43. The van der Waals surface area contributed by atoms with Gasteiger partial charge in [0.2, 0.25) is 0 Å². The van der Waals surface area contributed by atoms with Crippen LogP contribution < -0.4 is 0 Å². The Morgan fingerprint density at radius 2 is 1.31 bits per heavy atom. The highest BCUT2D eigenvalue weighted by Crippen LogP contribution is 2.72. The Balaban J connectivity index is 2.16. The number of carbonyl (C=O) groups excluding carboxylic acids is 4. The van der Waals surface area contributed by atoms with Crippen LogP contribution in [0, 0.1) is 22.7 Å². The van der Waals surface area contributed by atoms with Gasteiger partial charge in [0.15, 0.2) is 16.6 Å². The third kappa shape index (κ3) is 3.26. The number of hydrogen-bond donors (Lipinski definition) is 0. The number of esters is 3. The SMILES string of the molecule is CCOC(=O)/C=C/[C@H]1[C@H](C)[C@]2(C(=O)OC)C(=O)[C@@]1(C(=O)OC)C(c1ccccc1)=C2c1ccccc1. The van der Waals surface area contributed by atoms with E-state index in [0.29, 0.717) is 22.3 Å². The Morgan fingerprint density at radius 1 is 0.833 bits per heavy atom. The molecule has 4 rings (SSSR count). The number of benzene rings is 2. The molecule has 2 aliphatic rings. The Hall–Kier alpha value is -4.00. The lowest BCUT2D eigenvalue weighted by atomic mass is 9.61. The second-order valence-corrected chi connectivity index (χ2v) is 8.84. The zero-order chi connectivity index (χ0) is 26.1. The van der Waals surface area contributed by atoms with Gasteiger partial charge in [-0.1, -0.05) is 73.7 Å². The number of allylic oxidation sites excluding steroid dienone is 1. The molecule has 0 N–H and O–H groups in total. The molecule has 2 bridgehead atoms. The van der Waals surface area contributed by atoms with Gasteiger partial charge in [0.05, 0.1) is 20.8 Å². The van der Waals surface area contributed by atoms with Gasteiger partial charge in [-0.05, 0) is 35.1 Å². The minimum absolute atomic E-state index is 0.171. The van der Waals surface area contributed by atoms with E-state index in [1.807, 2.05) is 12.1 Å². The normalized spacial score (nSPS) is 26.8. The number of rotatable bonds is 7. The van der Waals surface area contributed by atoms with Gasteiger partial charge in [0.1, 0.15) is 0 Å². The molecule has 4 atom stereocenters. The molecule has 0 unspecified atom stereocenters. The topological polar surface area (TPSA) is 96.0 Å². The smallest absolute Gasteiger partial charge is 0.330 e. The molecule has 2 aliphatic carbocycles. The molecule has 0 saturated heterocycles. The monoisotopic (exact) mass is 488 g/mol. The van der Waals surface area contributed by atoms with Gasteiger partial charge in [-0.2, -0.15) is 0 Å². The summed E-state index contributed by atoms with van der Waals surface area (Å²) in [6.45, 7) is 3.58. The molecule has 0 radical (unpaired) electrons. The molecule has 0 aromatic heterocycles. The maximum atomic E-state index is 14.6. The highest BCUT2D eigenvalue weighted by atomic mass is 16.5. The predicted molar refractivity (Wildman–Crippen MR) is 132 cm³/mol. The summed E-state index contributed by atoms with van der Waals surface area (Å²) >= 11 is 0. The predicted octanol–water partition coefficient (Wildman–Crippen LogP) is 3.88. The Bertz CT molecular complexity index is 1260. The summed E-state index contributed by atoms with van der Waals surface area (Å²) in [5.74, 6) is -4.38. The van der Waals surface area contributed by atoms with Crippen molar-refractivity contribution in [1.82, 2.24) is 0 Å². The molecule has 1 saturated carbocycles. The Labute approximate surface area is 209 Å². The van der Waals surface area contributed by atoms with E-state index in [9.17, 15) is 19.2 Å². The molecule has 2 aromatic rings.